The number of nitrogens with zero attached hydrogens (tertiary/aromatic N) is 1. The molecule has 1 saturated heterocycles. The van der Waals surface area contributed by atoms with Crippen molar-refractivity contribution < 1.29 is 9.53 Å². The molecule has 1 aliphatic carbocycles. The molecule has 0 aromatic rings. The van der Waals surface area contributed by atoms with Crippen LogP contribution in [0.2, 0.25) is 0 Å². The summed E-state index contributed by atoms with van der Waals surface area (Å²) in [5, 5.41) is 0. The van der Waals surface area contributed by atoms with Crippen LogP contribution in [0.15, 0.2) is 0 Å². The van der Waals surface area contributed by atoms with E-state index in [1.54, 1.807) is 0 Å². The first-order valence-corrected chi connectivity index (χ1v) is 4.98. The summed E-state index contributed by atoms with van der Waals surface area (Å²) in [6.45, 7) is 5.36. The summed E-state index contributed by atoms with van der Waals surface area (Å²) in [6, 6.07) is 0.506. The second-order valence-corrected chi connectivity index (χ2v) is 4.42. The van der Waals surface area contributed by atoms with Crippen molar-refractivity contribution in [3.63, 3.8) is 0 Å². The fourth-order valence-electron chi connectivity index (χ4n) is 2.46. The fourth-order valence-corrected chi connectivity index (χ4v) is 2.46. The molecule has 2 rings (SSSR count). The van der Waals surface area contributed by atoms with Crippen LogP contribution in [0.25, 0.3) is 0 Å². The number of piperidine rings is 1. The molecule has 3 nitrogen and oxygen atoms in total. The first-order chi connectivity index (χ1) is 6.15. The van der Waals surface area contributed by atoms with Crippen LogP contribution >= 0.6 is 0 Å². The van der Waals surface area contributed by atoms with E-state index >= 15 is 0 Å². The molecule has 2 aliphatic rings. The van der Waals surface area contributed by atoms with Crippen molar-refractivity contribution in [1.29, 1.82) is 0 Å². The number of hydrogen-bond acceptors (Lipinski definition) is 3. The molecule has 0 N–H and O–H groups in total. The van der Waals surface area contributed by atoms with Crippen LogP contribution in [-0.2, 0) is 9.53 Å². The SMILES string of the molecule is COC(=O)[C@@H]1[C@H]2C[C@H]2CN1C(C)C. The number of fused-ring (bicyclic) bond motifs is 1. The fraction of sp³-hybridized carbons (Fsp3) is 0.900. The smallest absolute Gasteiger partial charge is 0.323 e. The summed E-state index contributed by atoms with van der Waals surface area (Å²) in [7, 11) is 1.48. The van der Waals surface area contributed by atoms with Crippen LogP contribution in [-0.4, -0.2) is 36.6 Å². The molecule has 1 aliphatic heterocycles. The van der Waals surface area contributed by atoms with Crippen molar-refractivity contribution in [2.24, 2.45) is 11.8 Å². The van der Waals surface area contributed by atoms with Crippen LogP contribution in [0, 0.1) is 11.8 Å². The number of hydrogen-bond donors (Lipinski definition) is 0. The third kappa shape index (κ3) is 1.35. The number of esters is 1. The molecule has 13 heavy (non-hydrogen) atoms. The summed E-state index contributed by atoms with van der Waals surface area (Å²) in [5.41, 5.74) is 0. The molecule has 0 radical (unpaired) electrons. The zero-order valence-electron chi connectivity index (χ0n) is 8.49. The summed E-state index contributed by atoms with van der Waals surface area (Å²) < 4.78 is 4.83. The molecule has 0 spiro atoms. The van der Waals surface area contributed by atoms with Crippen LogP contribution < -0.4 is 0 Å². The van der Waals surface area contributed by atoms with Gasteiger partial charge in [-0.1, -0.05) is 0 Å². The Balaban J connectivity index is 2.09. The molecule has 1 heterocycles. The Labute approximate surface area is 79.0 Å². The average molecular weight is 183 g/mol. The number of carbonyl (C=O) groups excluding carboxylic acids is 1. The lowest BCUT2D eigenvalue weighted by Gasteiger charge is -2.28. The Kier molecular flexibility index (Phi) is 2.06. The highest BCUT2D eigenvalue weighted by molar-refractivity contribution is 5.77. The molecular formula is C10H17NO2. The first kappa shape index (κ1) is 9.00. The zero-order valence-corrected chi connectivity index (χ0v) is 8.49. The van der Waals surface area contributed by atoms with Gasteiger partial charge in [0, 0.05) is 12.6 Å². The normalized spacial score (nSPS) is 37.7. The number of ether oxygens (including phenoxy) is 1. The molecule has 0 aromatic carbocycles. The van der Waals surface area contributed by atoms with Crippen LogP contribution in [0.1, 0.15) is 20.3 Å². The van der Waals surface area contributed by atoms with Gasteiger partial charge in [-0.05, 0) is 32.1 Å². The number of methoxy groups -OCH3 is 1. The maximum absolute atomic E-state index is 11.5. The molecule has 0 aromatic heterocycles. The molecule has 74 valence electrons. The van der Waals surface area contributed by atoms with Crippen molar-refractivity contribution >= 4 is 5.97 Å². The molecule has 1 saturated carbocycles. The lowest BCUT2D eigenvalue weighted by molar-refractivity contribution is -0.147. The topological polar surface area (TPSA) is 29.5 Å². The number of rotatable bonds is 2. The summed E-state index contributed by atoms with van der Waals surface area (Å²) in [5.74, 6) is 1.32. The van der Waals surface area contributed by atoms with E-state index in [4.69, 9.17) is 4.74 Å². The minimum Gasteiger partial charge on any atom is -0.468 e. The second kappa shape index (κ2) is 2.98. The Bertz CT molecular complexity index is 227. The van der Waals surface area contributed by atoms with Crippen molar-refractivity contribution in [1.82, 2.24) is 4.90 Å². The maximum Gasteiger partial charge on any atom is 0.323 e. The van der Waals surface area contributed by atoms with Gasteiger partial charge in [0.2, 0.25) is 0 Å². The second-order valence-electron chi connectivity index (χ2n) is 4.42. The quantitative estimate of drug-likeness (QED) is 0.595. The lowest BCUT2D eigenvalue weighted by Crippen LogP contribution is -2.43. The Morgan fingerprint density at radius 1 is 1.54 bits per heavy atom. The van der Waals surface area contributed by atoms with Gasteiger partial charge in [0.25, 0.3) is 0 Å². The Hall–Kier alpha value is -0.570. The molecule has 3 atom stereocenters. The van der Waals surface area contributed by atoms with Gasteiger partial charge in [-0.2, -0.15) is 0 Å². The summed E-state index contributed by atoms with van der Waals surface area (Å²) in [6.07, 6.45) is 1.23. The van der Waals surface area contributed by atoms with Crippen molar-refractivity contribution in [3.8, 4) is 0 Å². The van der Waals surface area contributed by atoms with E-state index in [2.05, 4.69) is 18.7 Å². The highest BCUT2D eigenvalue weighted by Crippen LogP contribution is 2.50. The highest BCUT2D eigenvalue weighted by Gasteiger charge is 2.56. The van der Waals surface area contributed by atoms with E-state index < -0.39 is 0 Å². The summed E-state index contributed by atoms with van der Waals surface area (Å²) >= 11 is 0. The number of carbonyl (C=O) groups is 1. The van der Waals surface area contributed by atoms with E-state index in [0.29, 0.717) is 12.0 Å². The van der Waals surface area contributed by atoms with Crippen LogP contribution in [0.4, 0.5) is 0 Å². The Morgan fingerprint density at radius 3 is 2.77 bits per heavy atom. The molecule has 2 fully saturated rings. The molecule has 3 heteroatoms. The van der Waals surface area contributed by atoms with Crippen LogP contribution in [0.5, 0.6) is 0 Å². The minimum atomic E-state index is -0.0429. The van der Waals surface area contributed by atoms with Crippen molar-refractivity contribution in [2.75, 3.05) is 13.7 Å². The Morgan fingerprint density at radius 2 is 2.23 bits per heavy atom. The molecule has 0 unspecified atom stereocenters. The molecule has 0 bridgehead atoms. The van der Waals surface area contributed by atoms with E-state index in [-0.39, 0.29) is 12.0 Å². The lowest BCUT2D eigenvalue weighted by atomic mass is 10.1. The van der Waals surface area contributed by atoms with Gasteiger partial charge < -0.3 is 4.74 Å². The van der Waals surface area contributed by atoms with Gasteiger partial charge in [0.15, 0.2) is 0 Å². The van der Waals surface area contributed by atoms with Crippen LogP contribution in [0.3, 0.4) is 0 Å². The monoisotopic (exact) mass is 183 g/mol. The predicted octanol–water partition coefficient (Wildman–Crippen LogP) is 0.888. The van der Waals surface area contributed by atoms with Gasteiger partial charge >= 0.3 is 5.97 Å². The van der Waals surface area contributed by atoms with E-state index in [9.17, 15) is 4.79 Å². The first-order valence-electron chi connectivity index (χ1n) is 4.98. The van der Waals surface area contributed by atoms with Crippen molar-refractivity contribution in [2.45, 2.75) is 32.4 Å². The average Bonchev–Trinajstić information content (AvgIpc) is 2.76. The third-order valence-electron chi connectivity index (χ3n) is 3.29. The summed E-state index contributed by atoms with van der Waals surface area (Å²) in [4.78, 5) is 13.8. The highest BCUT2D eigenvalue weighted by atomic mass is 16.5. The third-order valence-corrected chi connectivity index (χ3v) is 3.29. The van der Waals surface area contributed by atoms with E-state index in [1.807, 2.05) is 0 Å². The zero-order chi connectivity index (χ0) is 9.59. The van der Waals surface area contributed by atoms with Gasteiger partial charge in [-0.3, -0.25) is 9.69 Å². The number of likely N-dealkylation sites (tertiary alicyclic amines) is 1. The molecule has 0 amide bonds. The van der Waals surface area contributed by atoms with E-state index in [1.165, 1.54) is 13.5 Å². The van der Waals surface area contributed by atoms with Gasteiger partial charge in [-0.15, -0.1) is 0 Å². The minimum absolute atomic E-state index is 0.0429. The standard InChI is InChI=1S/C10H17NO2/c1-6(2)11-5-7-4-8(7)9(11)10(12)13-3/h6-9H,4-5H2,1-3H3/t7-,8-,9-/m0/s1. The predicted molar refractivity (Wildman–Crippen MR) is 49.2 cm³/mol. The largest absolute Gasteiger partial charge is 0.468 e. The molecular weight excluding hydrogens is 166 g/mol. The van der Waals surface area contributed by atoms with Crippen molar-refractivity contribution in [3.05, 3.63) is 0 Å². The van der Waals surface area contributed by atoms with Gasteiger partial charge in [-0.25, -0.2) is 0 Å². The maximum atomic E-state index is 11.5. The van der Waals surface area contributed by atoms with Gasteiger partial charge in [0.1, 0.15) is 6.04 Å². The van der Waals surface area contributed by atoms with Gasteiger partial charge in [0.05, 0.1) is 7.11 Å². The van der Waals surface area contributed by atoms with E-state index in [0.717, 1.165) is 12.5 Å².